The predicted molar refractivity (Wildman–Crippen MR) is 124 cm³/mol. The molecule has 1 fully saturated rings. The average Bonchev–Trinajstić information content (AvgIpc) is 3.33. The lowest BCUT2D eigenvalue weighted by Gasteiger charge is -2.18. The van der Waals surface area contributed by atoms with Gasteiger partial charge in [0.2, 0.25) is 0 Å². The number of aromatic nitrogens is 3. The van der Waals surface area contributed by atoms with Crippen LogP contribution in [-0.2, 0) is 20.0 Å². The van der Waals surface area contributed by atoms with Crippen molar-refractivity contribution in [2.45, 2.75) is 57.4 Å². The number of benzene rings is 1. The van der Waals surface area contributed by atoms with Gasteiger partial charge in [0, 0.05) is 24.9 Å². The Kier molecular flexibility index (Phi) is 8.42. The molecular weight excluding hydrogens is 396 g/mol. The van der Waals surface area contributed by atoms with Crippen LogP contribution in [0.2, 0.25) is 0 Å². The molecule has 0 spiro atoms. The maximum atomic E-state index is 5.24. The lowest BCUT2D eigenvalue weighted by Crippen LogP contribution is -2.43. The number of aryl methyl sites for hydroxylation is 1. The van der Waals surface area contributed by atoms with E-state index in [-0.39, 0.29) is 0 Å². The van der Waals surface area contributed by atoms with Gasteiger partial charge in [0.15, 0.2) is 11.8 Å². The Balaban J connectivity index is 1.59. The van der Waals surface area contributed by atoms with Crippen molar-refractivity contribution >= 4 is 17.7 Å². The molecular formula is C22H34N6OS. The summed E-state index contributed by atoms with van der Waals surface area (Å²) in [5.41, 5.74) is 1.27. The molecule has 2 N–H and O–H groups in total. The van der Waals surface area contributed by atoms with Crippen LogP contribution in [0, 0.1) is 6.92 Å². The van der Waals surface area contributed by atoms with Crippen LogP contribution < -0.4 is 15.4 Å². The standard InChI is InChI=1S/C22H34N6OS/c1-5-30-20-11-8-18(14-20)25-22(24-15-21-27-26-16(2)28(21)3)23-13-12-17-6-9-19(29-4)10-7-17/h6-7,9-10,18,20H,5,8,11-15H2,1-4H3,(H2,23,24,25). The molecule has 0 radical (unpaired) electrons. The Morgan fingerprint density at radius 2 is 2.07 bits per heavy atom. The molecule has 0 saturated heterocycles. The molecule has 0 aliphatic heterocycles. The van der Waals surface area contributed by atoms with E-state index in [1.807, 2.05) is 30.7 Å². The zero-order valence-corrected chi connectivity index (χ0v) is 19.3. The summed E-state index contributed by atoms with van der Waals surface area (Å²) >= 11 is 2.07. The first-order valence-corrected chi connectivity index (χ1v) is 11.8. The predicted octanol–water partition coefficient (Wildman–Crippen LogP) is 3.08. The zero-order valence-electron chi connectivity index (χ0n) is 18.5. The Labute approximate surface area is 184 Å². The van der Waals surface area contributed by atoms with Gasteiger partial charge in [0.1, 0.15) is 18.1 Å². The number of aliphatic imine (C=N–C) groups is 1. The number of ether oxygens (including phenoxy) is 1. The number of thioether (sulfide) groups is 1. The highest BCUT2D eigenvalue weighted by Gasteiger charge is 2.25. The van der Waals surface area contributed by atoms with E-state index in [0.29, 0.717) is 12.6 Å². The second-order valence-electron chi connectivity index (χ2n) is 7.64. The number of nitrogens with zero attached hydrogens (tertiary/aromatic N) is 4. The Bertz CT molecular complexity index is 820. The second-order valence-corrected chi connectivity index (χ2v) is 9.22. The van der Waals surface area contributed by atoms with Crippen molar-refractivity contribution in [2.24, 2.45) is 12.0 Å². The molecule has 2 unspecified atom stereocenters. The fraction of sp³-hybridized carbons (Fsp3) is 0.591. The molecule has 1 aliphatic carbocycles. The minimum Gasteiger partial charge on any atom is -0.497 e. The van der Waals surface area contributed by atoms with Gasteiger partial charge < -0.3 is 19.9 Å². The van der Waals surface area contributed by atoms with E-state index >= 15 is 0 Å². The third-order valence-corrected chi connectivity index (χ3v) is 6.79. The minimum atomic E-state index is 0.475. The normalized spacial score (nSPS) is 19.1. The number of methoxy groups -OCH3 is 1. The first-order valence-electron chi connectivity index (χ1n) is 10.7. The molecule has 30 heavy (non-hydrogen) atoms. The van der Waals surface area contributed by atoms with Crippen LogP contribution >= 0.6 is 11.8 Å². The molecule has 8 heteroatoms. The summed E-state index contributed by atoms with van der Waals surface area (Å²) in [6.07, 6.45) is 4.59. The Morgan fingerprint density at radius 3 is 2.73 bits per heavy atom. The monoisotopic (exact) mass is 430 g/mol. The van der Waals surface area contributed by atoms with Crippen molar-refractivity contribution in [3.8, 4) is 5.75 Å². The lowest BCUT2D eigenvalue weighted by atomic mass is 10.1. The van der Waals surface area contributed by atoms with Gasteiger partial charge >= 0.3 is 0 Å². The highest BCUT2D eigenvalue weighted by molar-refractivity contribution is 7.99. The first-order chi connectivity index (χ1) is 14.6. The van der Waals surface area contributed by atoms with Crippen LogP contribution in [0.3, 0.4) is 0 Å². The maximum Gasteiger partial charge on any atom is 0.191 e. The quantitative estimate of drug-likeness (QED) is 0.470. The lowest BCUT2D eigenvalue weighted by molar-refractivity contribution is 0.414. The van der Waals surface area contributed by atoms with Gasteiger partial charge in [-0.3, -0.25) is 0 Å². The molecule has 1 saturated carbocycles. The largest absolute Gasteiger partial charge is 0.497 e. The van der Waals surface area contributed by atoms with Crippen molar-refractivity contribution < 1.29 is 4.74 Å². The van der Waals surface area contributed by atoms with Crippen LogP contribution in [0.25, 0.3) is 0 Å². The molecule has 1 aromatic heterocycles. The van der Waals surface area contributed by atoms with Crippen molar-refractivity contribution in [3.05, 3.63) is 41.5 Å². The van der Waals surface area contributed by atoms with Gasteiger partial charge in [-0.25, -0.2) is 4.99 Å². The van der Waals surface area contributed by atoms with Gasteiger partial charge in [0.25, 0.3) is 0 Å². The molecule has 3 rings (SSSR count). The summed E-state index contributed by atoms with van der Waals surface area (Å²) in [6, 6.07) is 8.70. The van der Waals surface area contributed by atoms with E-state index in [0.717, 1.165) is 41.6 Å². The van der Waals surface area contributed by atoms with Crippen molar-refractivity contribution in [3.63, 3.8) is 0 Å². The fourth-order valence-electron chi connectivity index (χ4n) is 3.66. The van der Waals surface area contributed by atoms with Gasteiger partial charge in [-0.2, -0.15) is 11.8 Å². The molecule has 164 valence electrons. The van der Waals surface area contributed by atoms with E-state index in [9.17, 15) is 0 Å². The number of hydrogen-bond acceptors (Lipinski definition) is 5. The van der Waals surface area contributed by atoms with E-state index in [2.05, 4.69) is 51.6 Å². The van der Waals surface area contributed by atoms with Crippen molar-refractivity contribution in [1.82, 2.24) is 25.4 Å². The molecule has 2 aromatic rings. The van der Waals surface area contributed by atoms with Crippen molar-refractivity contribution in [1.29, 1.82) is 0 Å². The maximum absolute atomic E-state index is 5.24. The van der Waals surface area contributed by atoms with Crippen LogP contribution in [0.1, 0.15) is 43.4 Å². The molecule has 0 bridgehead atoms. The third-order valence-electron chi connectivity index (χ3n) is 5.55. The summed E-state index contributed by atoms with van der Waals surface area (Å²) in [6.45, 7) is 5.52. The summed E-state index contributed by atoms with van der Waals surface area (Å²) in [5, 5.41) is 16.3. The smallest absolute Gasteiger partial charge is 0.191 e. The molecule has 7 nitrogen and oxygen atoms in total. The van der Waals surface area contributed by atoms with E-state index in [1.54, 1.807) is 7.11 Å². The number of hydrogen-bond donors (Lipinski definition) is 2. The fourth-order valence-corrected chi connectivity index (χ4v) is 4.80. The van der Waals surface area contributed by atoms with Crippen LogP contribution in [0.15, 0.2) is 29.3 Å². The number of guanidine groups is 1. The van der Waals surface area contributed by atoms with Crippen LogP contribution in [-0.4, -0.2) is 51.4 Å². The molecule has 1 heterocycles. The summed E-state index contributed by atoms with van der Waals surface area (Å²) in [7, 11) is 3.67. The molecule has 0 amide bonds. The summed E-state index contributed by atoms with van der Waals surface area (Å²) in [5.74, 6) is 4.70. The van der Waals surface area contributed by atoms with E-state index in [4.69, 9.17) is 9.73 Å². The molecule has 2 atom stereocenters. The van der Waals surface area contributed by atoms with Gasteiger partial charge in [-0.1, -0.05) is 19.1 Å². The number of nitrogens with one attached hydrogen (secondary N) is 2. The summed E-state index contributed by atoms with van der Waals surface area (Å²) in [4.78, 5) is 4.81. The second kappa shape index (κ2) is 11.2. The number of rotatable bonds is 9. The first kappa shape index (κ1) is 22.5. The topological polar surface area (TPSA) is 76.4 Å². The van der Waals surface area contributed by atoms with E-state index < -0.39 is 0 Å². The highest BCUT2D eigenvalue weighted by Crippen LogP contribution is 2.29. The van der Waals surface area contributed by atoms with Crippen molar-refractivity contribution in [2.75, 3.05) is 19.4 Å². The van der Waals surface area contributed by atoms with Crippen LogP contribution in [0.4, 0.5) is 0 Å². The van der Waals surface area contributed by atoms with Gasteiger partial charge in [-0.05, 0) is 56.1 Å². The molecule has 1 aromatic carbocycles. The molecule has 1 aliphatic rings. The van der Waals surface area contributed by atoms with Gasteiger partial charge in [-0.15, -0.1) is 10.2 Å². The summed E-state index contributed by atoms with van der Waals surface area (Å²) < 4.78 is 7.23. The SMILES string of the molecule is CCSC1CCC(NC(=NCc2nnc(C)n2C)NCCc2ccc(OC)cc2)C1. The minimum absolute atomic E-state index is 0.475. The highest BCUT2D eigenvalue weighted by atomic mass is 32.2. The van der Waals surface area contributed by atoms with Gasteiger partial charge in [0.05, 0.1) is 7.11 Å². The van der Waals surface area contributed by atoms with E-state index in [1.165, 1.54) is 30.6 Å². The average molecular weight is 431 g/mol. The Morgan fingerprint density at radius 1 is 1.27 bits per heavy atom. The third kappa shape index (κ3) is 6.39. The Hall–Kier alpha value is -2.22. The zero-order chi connectivity index (χ0) is 21.3. The van der Waals surface area contributed by atoms with Crippen LogP contribution in [0.5, 0.6) is 5.75 Å².